The summed E-state index contributed by atoms with van der Waals surface area (Å²) >= 11 is 0. The number of anilines is 2. The molecule has 1 heterocycles. The van der Waals surface area contributed by atoms with Crippen LogP contribution in [0.4, 0.5) is 11.4 Å². The zero-order valence-electron chi connectivity index (χ0n) is 19.4. The number of carbonyl (C=O) groups excluding carboxylic acids is 2. The van der Waals surface area contributed by atoms with Crippen LogP contribution in [0.25, 0.3) is 0 Å². The third-order valence-electron chi connectivity index (χ3n) is 5.84. The van der Waals surface area contributed by atoms with Gasteiger partial charge in [-0.25, -0.2) is 8.42 Å². The molecule has 3 rings (SSSR count). The van der Waals surface area contributed by atoms with Crippen molar-refractivity contribution in [1.29, 1.82) is 0 Å². The highest BCUT2D eigenvalue weighted by molar-refractivity contribution is 7.89. The van der Waals surface area contributed by atoms with Gasteiger partial charge in [-0.15, -0.1) is 0 Å². The third kappa shape index (κ3) is 6.19. The maximum atomic E-state index is 12.6. The predicted molar refractivity (Wildman–Crippen MR) is 130 cm³/mol. The molecule has 0 atom stereocenters. The number of amides is 2. The van der Waals surface area contributed by atoms with Crippen molar-refractivity contribution >= 4 is 33.2 Å². The highest BCUT2D eigenvalue weighted by Crippen LogP contribution is 2.23. The van der Waals surface area contributed by atoms with Crippen LogP contribution < -0.4 is 10.6 Å². The van der Waals surface area contributed by atoms with Gasteiger partial charge in [0.2, 0.25) is 15.9 Å². The number of hydrogen-bond donors (Lipinski definition) is 2. The number of nitrogens with zero attached hydrogens (tertiary/aromatic N) is 2. The Morgan fingerprint density at radius 3 is 2.18 bits per heavy atom. The number of aryl methyl sites for hydroxylation is 1. The minimum atomic E-state index is -3.51. The SMILES string of the molecule is CCN(CC)CC(=O)Nc1ccc(NC(=O)c2ccc(S(=O)(=O)N3CCCC3)cc2)cc1C. The van der Waals surface area contributed by atoms with E-state index in [1.54, 1.807) is 18.2 Å². The predicted octanol–water partition coefficient (Wildman–Crippen LogP) is 3.31. The lowest BCUT2D eigenvalue weighted by atomic mass is 10.1. The second-order valence-corrected chi connectivity index (χ2v) is 10.1. The van der Waals surface area contributed by atoms with Crippen molar-refractivity contribution in [1.82, 2.24) is 9.21 Å². The van der Waals surface area contributed by atoms with Crippen molar-refractivity contribution in [3.8, 4) is 0 Å². The maximum Gasteiger partial charge on any atom is 0.255 e. The molecule has 2 N–H and O–H groups in total. The third-order valence-corrected chi connectivity index (χ3v) is 7.75. The zero-order valence-corrected chi connectivity index (χ0v) is 20.2. The Hall–Kier alpha value is -2.75. The molecule has 0 bridgehead atoms. The molecule has 8 nitrogen and oxygen atoms in total. The minimum absolute atomic E-state index is 0.0810. The van der Waals surface area contributed by atoms with E-state index < -0.39 is 10.0 Å². The summed E-state index contributed by atoms with van der Waals surface area (Å²) in [4.78, 5) is 27.1. The average molecular weight is 473 g/mol. The molecule has 1 saturated heterocycles. The van der Waals surface area contributed by atoms with Crippen LogP contribution in [0.2, 0.25) is 0 Å². The van der Waals surface area contributed by atoms with Gasteiger partial charge in [0.25, 0.3) is 5.91 Å². The van der Waals surface area contributed by atoms with E-state index in [0.29, 0.717) is 36.6 Å². The molecule has 0 aliphatic carbocycles. The molecule has 1 aliphatic heterocycles. The van der Waals surface area contributed by atoms with Gasteiger partial charge >= 0.3 is 0 Å². The highest BCUT2D eigenvalue weighted by atomic mass is 32.2. The molecule has 33 heavy (non-hydrogen) atoms. The molecular weight excluding hydrogens is 440 g/mol. The standard InChI is InChI=1S/C24H32N4O4S/c1-4-27(5-2)17-23(29)26-22-13-10-20(16-18(22)3)25-24(30)19-8-11-21(12-9-19)33(31,32)28-14-6-7-15-28/h8-13,16H,4-7,14-15,17H2,1-3H3,(H,25,30)(H,26,29). The van der Waals surface area contributed by atoms with Crippen molar-refractivity contribution < 1.29 is 18.0 Å². The quantitative estimate of drug-likeness (QED) is 0.583. The van der Waals surface area contributed by atoms with Gasteiger partial charge in [0.15, 0.2) is 0 Å². The van der Waals surface area contributed by atoms with Crippen molar-refractivity contribution in [3.05, 3.63) is 53.6 Å². The van der Waals surface area contributed by atoms with Crippen molar-refractivity contribution in [2.75, 3.05) is 43.4 Å². The molecule has 0 aromatic heterocycles. The molecule has 0 spiro atoms. The summed E-state index contributed by atoms with van der Waals surface area (Å²) in [5, 5.41) is 5.73. The van der Waals surface area contributed by atoms with Crippen LogP contribution in [0.3, 0.4) is 0 Å². The van der Waals surface area contributed by atoms with E-state index >= 15 is 0 Å². The van der Waals surface area contributed by atoms with Gasteiger partial charge < -0.3 is 10.6 Å². The Balaban J connectivity index is 1.63. The van der Waals surface area contributed by atoms with Crippen molar-refractivity contribution in [2.45, 2.75) is 38.5 Å². The normalized spacial score (nSPS) is 14.4. The largest absolute Gasteiger partial charge is 0.325 e. The first-order chi connectivity index (χ1) is 15.7. The molecular formula is C24H32N4O4S. The Bertz CT molecular complexity index is 1090. The topological polar surface area (TPSA) is 98.8 Å². The summed E-state index contributed by atoms with van der Waals surface area (Å²) in [6, 6.07) is 11.3. The number of sulfonamides is 1. The molecule has 2 aromatic carbocycles. The average Bonchev–Trinajstić information content (AvgIpc) is 3.35. The Kier molecular flexibility index (Phi) is 8.23. The van der Waals surface area contributed by atoms with Crippen LogP contribution in [-0.2, 0) is 14.8 Å². The molecule has 2 aromatic rings. The van der Waals surface area contributed by atoms with E-state index in [9.17, 15) is 18.0 Å². The van der Waals surface area contributed by atoms with Crippen molar-refractivity contribution in [2.24, 2.45) is 0 Å². The number of rotatable bonds is 9. The number of carbonyl (C=O) groups is 2. The molecule has 9 heteroatoms. The molecule has 0 radical (unpaired) electrons. The Labute approximate surface area is 196 Å². The molecule has 0 unspecified atom stereocenters. The van der Waals surface area contributed by atoms with Gasteiger partial charge in [0, 0.05) is 30.0 Å². The molecule has 2 amide bonds. The lowest BCUT2D eigenvalue weighted by Crippen LogP contribution is -2.33. The first kappa shape index (κ1) is 24.9. The van der Waals surface area contributed by atoms with Crippen LogP contribution in [0.15, 0.2) is 47.4 Å². The second-order valence-electron chi connectivity index (χ2n) is 8.13. The lowest BCUT2D eigenvalue weighted by Gasteiger charge is -2.18. The van der Waals surface area contributed by atoms with Crippen LogP contribution in [0.5, 0.6) is 0 Å². The van der Waals surface area contributed by atoms with Crippen molar-refractivity contribution in [3.63, 3.8) is 0 Å². The Morgan fingerprint density at radius 2 is 1.61 bits per heavy atom. The van der Waals surface area contributed by atoms with Gasteiger partial charge in [-0.3, -0.25) is 14.5 Å². The van der Waals surface area contributed by atoms with E-state index in [1.807, 2.05) is 25.7 Å². The van der Waals surface area contributed by atoms with Crippen LogP contribution >= 0.6 is 0 Å². The minimum Gasteiger partial charge on any atom is -0.325 e. The fourth-order valence-electron chi connectivity index (χ4n) is 3.78. The summed E-state index contributed by atoms with van der Waals surface area (Å²) < 4.78 is 26.8. The summed E-state index contributed by atoms with van der Waals surface area (Å²) in [5.74, 6) is -0.416. The zero-order chi connectivity index (χ0) is 24.0. The summed E-state index contributed by atoms with van der Waals surface area (Å²) in [6.45, 7) is 8.90. The molecule has 0 saturated carbocycles. The lowest BCUT2D eigenvalue weighted by molar-refractivity contribution is -0.117. The fraction of sp³-hybridized carbons (Fsp3) is 0.417. The van der Waals surface area contributed by atoms with E-state index in [0.717, 1.165) is 31.5 Å². The van der Waals surface area contributed by atoms with E-state index in [-0.39, 0.29) is 16.7 Å². The number of nitrogens with one attached hydrogen (secondary N) is 2. The molecule has 178 valence electrons. The van der Waals surface area contributed by atoms with E-state index in [1.165, 1.54) is 28.6 Å². The van der Waals surface area contributed by atoms with Gasteiger partial charge in [-0.1, -0.05) is 13.8 Å². The number of benzene rings is 2. The second kappa shape index (κ2) is 10.9. The van der Waals surface area contributed by atoms with Crippen LogP contribution in [0, 0.1) is 6.92 Å². The highest BCUT2D eigenvalue weighted by Gasteiger charge is 2.27. The number of likely N-dealkylation sites (N-methyl/N-ethyl adjacent to an activating group) is 1. The van der Waals surface area contributed by atoms with Crippen LogP contribution in [0.1, 0.15) is 42.6 Å². The Morgan fingerprint density at radius 1 is 0.970 bits per heavy atom. The summed E-state index contributed by atoms with van der Waals surface area (Å²) in [6.07, 6.45) is 1.75. The molecule has 1 aliphatic rings. The van der Waals surface area contributed by atoms with Crippen LogP contribution in [-0.4, -0.2) is 62.2 Å². The van der Waals surface area contributed by atoms with Gasteiger partial charge in [0.05, 0.1) is 11.4 Å². The van der Waals surface area contributed by atoms with Gasteiger partial charge in [0.1, 0.15) is 0 Å². The van der Waals surface area contributed by atoms with E-state index in [2.05, 4.69) is 10.6 Å². The maximum absolute atomic E-state index is 12.6. The fourth-order valence-corrected chi connectivity index (χ4v) is 5.30. The smallest absolute Gasteiger partial charge is 0.255 e. The van der Waals surface area contributed by atoms with E-state index in [4.69, 9.17) is 0 Å². The monoisotopic (exact) mass is 472 g/mol. The molecule has 1 fully saturated rings. The summed E-state index contributed by atoms with van der Waals surface area (Å²) in [5.41, 5.74) is 2.48. The van der Waals surface area contributed by atoms with Gasteiger partial charge in [-0.2, -0.15) is 4.31 Å². The first-order valence-electron chi connectivity index (χ1n) is 11.3. The first-order valence-corrected chi connectivity index (χ1v) is 12.7. The van der Waals surface area contributed by atoms with Gasteiger partial charge in [-0.05, 0) is 80.9 Å². The number of hydrogen-bond acceptors (Lipinski definition) is 5. The summed E-state index contributed by atoms with van der Waals surface area (Å²) in [7, 11) is -3.51.